The summed E-state index contributed by atoms with van der Waals surface area (Å²) in [6, 6.07) is 0. The fourth-order valence-corrected chi connectivity index (χ4v) is 0.931. The zero-order valence-corrected chi connectivity index (χ0v) is 10.6. The van der Waals surface area contributed by atoms with Crippen molar-refractivity contribution in [2.75, 3.05) is 0 Å². The summed E-state index contributed by atoms with van der Waals surface area (Å²) in [5, 5.41) is 10.4. The van der Waals surface area contributed by atoms with E-state index in [0.29, 0.717) is 5.56 Å². The van der Waals surface area contributed by atoms with E-state index in [9.17, 15) is 10.1 Å². The smallest absolute Gasteiger partial charge is 0.184 e. The van der Waals surface area contributed by atoms with Crippen molar-refractivity contribution in [1.82, 2.24) is 4.98 Å². The van der Waals surface area contributed by atoms with Crippen LogP contribution in [0.25, 0.3) is 0 Å². The quantitative estimate of drug-likeness (QED) is 0.435. The summed E-state index contributed by atoms with van der Waals surface area (Å²) in [7, 11) is 0. The molecule has 0 aliphatic carbocycles. The van der Waals surface area contributed by atoms with Gasteiger partial charge in [-0.1, -0.05) is 32.0 Å². The van der Waals surface area contributed by atoms with Crippen LogP contribution in [0.2, 0.25) is 0 Å². The van der Waals surface area contributed by atoms with Crippen molar-refractivity contribution in [3.63, 3.8) is 0 Å². The first-order chi connectivity index (χ1) is 5.54. The second kappa shape index (κ2) is 4.77. The number of nitrogens with zero attached hydrogens (tertiary/aromatic N) is 2. The standard InChI is InChI=1S/C8H9N2O2.Y/c1-5-6(2)8(10(11)12)4-9-7(5)3;/h1-3H3;/q-1;. The zero-order valence-electron chi connectivity index (χ0n) is 7.79. The van der Waals surface area contributed by atoms with Crippen LogP contribution in [0.5, 0.6) is 0 Å². The first kappa shape index (κ1) is 12.7. The summed E-state index contributed by atoms with van der Waals surface area (Å²) < 4.78 is 0. The van der Waals surface area contributed by atoms with E-state index in [-0.39, 0.29) is 38.4 Å². The van der Waals surface area contributed by atoms with Gasteiger partial charge in [0.05, 0.1) is 0 Å². The number of aryl methyl sites for hydroxylation is 1. The molecule has 0 saturated carbocycles. The summed E-state index contributed by atoms with van der Waals surface area (Å²) >= 11 is 0. The van der Waals surface area contributed by atoms with Crippen LogP contribution in [-0.4, -0.2) is 9.91 Å². The summed E-state index contributed by atoms with van der Waals surface area (Å²) in [5.41, 5.74) is 2.27. The first-order valence-corrected chi connectivity index (χ1v) is 3.54. The van der Waals surface area contributed by atoms with E-state index in [2.05, 4.69) is 11.2 Å². The molecule has 67 valence electrons. The van der Waals surface area contributed by atoms with E-state index in [1.54, 1.807) is 6.92 Å². The Morgan fingerprint density at radius 3 is 2.31 bits per heavy atom. The number of nitro groups is 1. The largest absolute Gasteiger partial charge is 0.384 e. The van der Waals surface area contributed by atoms with Crippen LogP contribution in [0.3, 0.4) is 0 Å². The Hall–Kier alpha value is -0.346. The van der Waals surface area contributed by atoms with Gasteiger partial charge in [0.2, 0.25) is 0 Å². The molecule has 0 bridgehead atoms. The maximum absolute atomic E-state index is 10.4. The van der Waals surface area contributed by atoms with E-state index in [1.807, 2.05) is 13.8 Å². The molecule has 1 rings (SSSR count). The van der Waals surface area contributed by atoms with Gasteiger partial charge in [-0.15, -0.1) is 5.56 Å². The molecule has 4 nitrogen and oxygen atoms in total. The van der Waals surface area contributed by atoms with E-state index in [1.165, 1.54) is 0 Å². The first-order valence-electron chi connectivity index (χ1n) is 3.54. The molecule has 0 unspecified atom stereocenters. The summed E-state index contributed by atoms with van der Waals surface area (Å²) in [4.78, 5) is 13.8. The molecule has 13 heavy (non-hydrogen) atoms. The van der Waals surface area contributed by atoms with Crippen LogP contribution in [0.1, 0.15) is 16.8 Å². The van der Waals surface area contributed by atoms with Gasteiger partial charge in [0.25, 0.3) is 0 Å². The third-order valence-corrected chi connectivity index (χ3v) is 1.97. The van der Waals surface area contributed by atoms with Crippen molar-refractivity contribution >= 4 is 5.69 Å². The van der Waals surface area contributed by atoms with E-state index in [0.717, 1.165) is 11.3 Å². The fourth-order valence-electron chi connectivity index (χ4n) is 0.931. The molecule has 5 heteroatoms. The molecule has 0 aromatic carbocycles. The van der Waals surface area contributed by atoms with Crippen molar-refractivity contribution in [3.8, 4) is 0 Å². The number of aromatic nitrogens is 1. The van der Waals surface area contributed by atoms with Gasteiger partial charge in [-0.25, -0.2) is 0 Å². The average molecular weight is 254 g/mol. The minimum Gasteiger partial charge on any atom is -0.384 e. The molecule has 1 heterocycles. The van der Waals surface area contributed by atoms with Crippen molar-refractivity contribution in [1.29, 1.82) is 0 Å². The molecule has 0 saturated heterocycles. The Labute approximate surface area is 102 Å². The molecule has 0 spiro atoms. The summed E-state index contributed by atoms with van der Waals surface area (Å²) in [6.45, 7) is 5.33. The van der Waals surface area contributed by atoms with Crippen molar-refractivity contribution in [2.24, 2.45) is 0 Å². The summed E-state index contributed by atoms with van der Waals surface area (Å²) in [6.07, 6.45) is 2.40. The third-order valence-electron chi connectivity index (χ3n) is 1.97. The summed E-state index contributed by atoms with van der Waals surface area (Å²) in [5.74, 6) is 0. The maximum atomic E-state index is 10.4. The van der Waals surface area contributed by atoms with Crippen LogP contribution in [0.15, 0.2) is 0 Å². The van der Waals surface area contributed by atoms with Crippen LogP contribution >= 0.6 is 0 Å². The maximum Gasteiger partial charge on any atom is 0.184 e. The fraction of sp³-hybridized carbons (Fsp3) is 0.375. The minimum atomic E-state index is -0.464. The van der Waals surface area contributed by atoms with Gasteiger partial charge in [0.15, 0.2) is 5.69 Å². The van der Waals surface area contributed by atoms with E-state index in [4.69, 9.17) is 0 Å². The Morgan fingerprint density at radius 1 is 1.31 bits per heavy atom. The van der Waals surface area contributed by atoms with Crippen LogP contribution in [0.4, 0.5) is 5.69 Å². The Kier molecular flexibility index (Phi) is 4.64. The van der Waals surface area contributed by atoms with Gasteiger partial charge in [0.1, 0.15) is 0 Å². The van der Waals surface area contributed by atoms with E-state index < -0.39 is 4.92 Å². The minimum absolute atomic E-state index is 0. The number of hydrogen-bond donors (Lipinski definition) is 0. The van der Waals surface area contributed by atoms with Gasteiger partial charge in [-0.2, -0.15) is 0 Å². The number of rotatable bonds is 1. The number of hydrogen-bond acceptors (Lipinski definition) is 3. The second-order valence-electron chi connectivity index (χ2n) is 2.66. The van der Waals surface area contributed by atoms with Crippen LogP contribution in [-0.2, 0) is 32.7 Å². The molecule has 0 aliphatic rings. The van der Waals surface area contributed by atoms with Gasteiger partial charge in [-0.3, -0.25) is 10.1 Å². The average Bonchev–Trinajstić information content (AvgIpc) is 2.00. The molecule has 0 aliphatic heterocycles. The Balaban J connectivity index is 0.00000144. The van der Waals surface area contributed by atoms with Crippen molar-refractivity contribution in [2.45, 2.75) is 20.8 Å². The SMILES string of the molecule is Cc1n[c-]c([N+](=O)[O-])c(C)c1C.[Y]. The Morgan fingerprint density at radius 2 is 1.85 bits per heavy atom. The van der Waals surface area contributed by atoms with Gasteiger partial charge >= 0.3 is 0 Å². The molecular weight excluding hydrogens is 245 g/mol. The molecule has 1 aromatic rings. The van der Waals surface area contributed by atoms with Crippen molar-refractivity contribution in [3.05, 3.63) is 33.1 Å². The van der Waals surface area contributed by atoms with Crippen molar-refractivity contribution < 1.29 is 37.6 Å². The second-order valence-corrected chi connectivity index (χ2v) is 2.66. The topological polar surface area (TPSA) is 56.0 Å². The molecule has 0 fully saturated rings. The zero-order chi connectivity index (χ0) is 9.30. The number of pyridine rings is 1. The Bertz CT molecular complexity index is 339. The normalized spacial score (nSPS) is 9.15. The van der Waals surface area contributed by atoms with Gasteiger partial charge < -0.3 is 4.98 Å². The predicted molar refractivity (Wildman–Crippen MR) is 43.9 cm³/mol. The molecule has 1 aromatic heterocycles. The van der Waals surface area contributed by atoms with Gasteiger partial charge in [-0.05, 0) is 0 Å². The molecule has 1 radical (unpaired) electrons. The van der Waals surface area contributed by atoms with Crippen LogP contribution in [0, 0.1) is 37.1 Å². The van der Waals surface area contributed by atoms with E-state index >= 15 is 0 Å². The molecule has 0 atom stereocenters. The van der Waals surface area contributed by atoms with Gasteiger partial charge in [0, 0.05) is 43.8 Å². The third kappa shape index (κ3) is 2.55. The molecule has 0 amide bonds. The predicted octanol–water partition coefficient (Wildman–Crippen LogP) is 1.71. The monoisotopic (exact) mass is 254 g/mol. The molecule has 0 N–H and O–H groups in total. The molecular formula is C8H9N2O2Y-. The van der Waals surface area contributed by atoms with Crippen LogP contribution < -0.4 is 0 Å².